The summed E-state index contributed by atoms with van der Waals surface area (Å²) in [7, 11) is 0. The smallest absolute Gasteiger partial charge is 0.0401 e. The number of thiol groups is 1. The fraction of sp³-hybridized carbons (Fsp3) is 0.375. The maximum absolute atomic E-state index is 4.21. The predicted molar refractivity (Wildman–Crippen MR) is 43.5 cm³/mol. The summed E-state index contributed by atoms with van der Waals surface area (Å²) in [5.41, 5.74) is 1.35. The lowest BCUT2D eigenvalue weighted by Gasteiger charge is -1.95. The summed E-state index contributed by atoms with van der Waals surface area (Å²) in [5.74, 6) is 0.791. The first-order valence-corrected chi connectivity index (χ1v) is 3.95. The molecule has 0 aromatic carbocycles. The summed E-state index contributed by atoms with van der Waals surface area (Å²) >= 11 is 4.21. The van der Waals surface area contributed by atoms with Gasteiger partial charge in [-0.15, -0.1) is 12.6 Å². The van der Waals surface area contributed by atoms with E-state index in [-0.39, 0.29) is 0 Å². The molecule has 0 spiro atoms. The van der Waals surface area contributed by atoms with E-state index in [1.165, 1.54) is 18.4 Å². The van der Waals surface area contributed by atoms with Crippen LogP contribution < -0.4 is 0 Å². The number of aromatic nitrogens is 1. The molecular weight excluding hydrogens is 142 g/mol. The largest absolute Gasteiger partial charge is 0.263 e. The Balaban J connectivity index is 2.32. The van der Waals surface area contributed by atoms with Crippen LogP contribution >= 0.6 is 12.6 Å². The van der Waals surface area contributed by atoms with Crippen molar-refractivity contribution in [2.24, 2.45) is 0 Å². The maximum Gasteiger partial charge on any atom is 0.0401 e. The average Bonchev–Trinajstić information content (AvgIpc) is 2.68. The van der Waals surface area contributed by atoms with Crippen molar-refractivity contribution in [2.45, 2.75) is 23.7 Å². The highest BCUT2D eigenvalue weighted by atomic mass is 32.1. The molecule has 1 saturated carbocycles. The molecular formula is C8H9NS. The van der Waals surface area contributed by atoms with Crippen LogP contribution in [0.4, 0.5) is 0 Å². The first kappa shape index (κ1) is 6.23. The molecule has 0 aliphatic heterocycles. The van der Waals surface area contributed by atoms with Gasteiger partial charge in [-0.25, -0.2) is 0 Å². The van der Waals surface area contributed by atoms with Crippen LogP contribution in [0.25, 0.3) is 0 Å². The fourth-order valence-corrected chi connectivity index (χ4v) is 1.30. The molecule has 1 aliphatic rings. The Labute approximate surface area is 65.9 Å². The van der Waals surface area contributed by atoms with E-state index in [1.807, 2.05) is 6.20 Å². The molecule has 0 bridgehead atoms. The van der Waals surface area contributed by atoms with Gasteiger partial charge < -0.3 is 0 Å². The Bertz CT molecular complexity index is 243. The minimum absolute atomic E-state index is 0.791. The fourth-order valence-electron chi connectivity index (χ4n) is 1.08. The number of pyridine rings is 1. The third-order valence-electron chi connectivity index (χ3n) is 1.79. The molecule has 2 heteroatoms. The zero-order valence-electron chi connectivity index (χ0n) is 5.62. The van der Waals surface area contributed by atoms with Crippen molar-refractivity contribution in [3.63, 3.8) is 0 Å². The van der Waals surface area contributed by atoms with Gasteiger partial charge in [0.2, 0.25) is 0 Å². The minimum Gasteiger partial charge on any atom is -0.263 e. The van der Waals surface area contributed by atoms with Crippen molar-refractivity contribution >= 4 is 12.6 Å². The summed E-state index contributed by atoms with van der Waals surface area (Å²) < 4.78 is 0. The standard InChI is InChI=1S/C8H9NS/c10-8-3-7(4-9-5-8)6-1-2-6/h3-6,10H,1-2H2. The second-order valence-corrected chi connectivity index (χ2v) is 3.27. The number of nitrogens with zero attached hydrogens (tertiary/aromatic N) is 1. The Morgan fingerprint density at radius 3 is 2.80 bits per heavy atom. The van der Waals surface area contributed by atoms with Crippen molar-refractivity contribution < 1.29 is 0 Å². The molecule has 0 N–H and O–H groups in total. The van der Waals surface area contributed by atoms with Crippen LogP contribution in [-0.4, -0.2) is 4.98 Å². The van der Waals surface area contributed by atoms with Gasteiger partial charge in [0.05, 0.1) is 0 Å². The minimum atomic E-state index is 0.791. The normalized spacial score (nSPS) is 17.3. The topological polar surface area (TPSA) is 12.9 Å². The summed E-state index contributed by atoms with van der Waals surface area (Å²) in [6, 6.07) is 2.10. The number of hydrogen-bond acceptors (Lipinski definition) is 2. The molecule has 52 valence electrons. The molecule has 0 unspecified atom stereocenters. The van der Waals surface area contributed by atoms with Crippen molar-refractivity contribution in [3.8, 4) is 0 Å². The van der Waals surface area contributed by atoms with Gasteiger partial charge in [0, 0.05) is 17.3 Å². The lowest BCUT2D eigenvalue weighted by Crippen LogP contribution is -1.80. The van der Waals surface area contributed by atoms with Gasteiger partial charge in [-0.05, 0) is 30.4 Å². The molecule has 1 nitrogen and oxygen atoms in total. The lowest BCUT2D eigenvalue weighted by molar-refractivity contribution is 1.07. The van der Waals surface area contributed by atoms with E-state index in [9.17, 15) is 0 Å². The van der Waals surface area contributed by atoms with Crippen LogP contribution in [0.15, 0.2) is 23.4 Å². The third-order valence-corrected chi connectivity index (χ3v) is 2.04. The Hall–Kier alpha value is -0.500. The monoisotopic (exact) mass is 151 g/mol. The van der Waals surface area contributed by atoms with Crippen molar-refractivity contribution in [3.05, 3.63) is 24.0 Å². The van der Waals surface area contributed by atoms with Crippen LogP contribution in [0.1, 0.15) is 24.3 Å². The second kappa shape index (κ2) is 2.27. The molecule has 1 aromatic heterocycles. The quantitative estimate of drug-likeness (QED) is 0.607. The van der Waals surface area contributed by atoms with E-state index < -0.39 is 0 Å². The molecule has 0 atom stereocenters. The van der Waals surface area contributed by atoms with Gasteiger partial charge in [0.25, 0.3) is 0 Å². The second-order valence-electron chi connectivity index (χ2n) is 2.75. The van der Waals surface area contributed by atoms with E-state index >= 15 is 0 Å². The predicted octanol–water partition coefficient (Wildman–Crippen LogP) is 2.25. The number of rotatable bonds is 1. The van der Waals surface area contributed by atoms with Crippen molar-refractivity contribution in [1.82, 2.24) is 4.98 Å². The summed E-state index contributed by atoms with van der Waals surface area (Å²) in [5, 5.41) is 0. The van der Waals surface area contributed by atoms with Gasteiger partial charge in [0.15, 0.2) is 0 Å². The molecule has 1 aliphatic carbocycles. The van der Waals surface area contributed by atoms with Gasteiger partial charge in [-0.2, -0.15) is 0 Å². The van der Waals surface area contributed by atoms with Crippen molar-refractivity contribution in [1.29, 1.82) is 0 Å². The van der Waals surface area contributed by atoms with Gasteiger partial charge in [0.1, 0.15) is 0 Å². The van der Waals surface area contributed by atoms with Crippen LogP contribution in [-0.2, 0) is 0 Å². The first-order chi connectivity index (χ1) is 4.86. The molecule has 1 heterocycles. The maximum atomic E-state index is 4.21. The number of hydrogen-bond donors (Lipinski definition) is 1. The van der Waals surface area contributed by atoms with E-state index in [2.05, 4.69) is 23.7 Å². The Kier molecular flexibility index (Phi) is 1.42. The summed E-state index contributed by atoms with van der Waals surface area (Å²) in [4.78, 5) is 5.05. The van der Waals surface area contributed by atoms with Crippen LogP contribution in [0.3, 0.4) is 0 Å². The highest BCUT2D eigenvalue weighted by molar-refractivity contribution is 7.80. The van der Waals surface area contributed by atoms with Crippen molar-refractivity contribution in [2.75, 3.05) is 0 Å². The van der Waals surface area contributed by atoms with E-state index in [1.54, 1.807) is 6.20 Å². The van der Waals surface area contributed by atoms with Gasteiger partial charge in [-0.1, -0.05) is 0 Å². The van der Waals surface area contributed by atoms with E-state index in [0.29, 0.717) is 0 Å². The van der Waals surface area contributed by atoms with Crippen LogP contribution in [0.5, 0.6) is 0 Å². The zero-order chi connectivity index (χ0) is 6.97. The molecule has 1 fully saturated rings. The SMILES string of the molecule is Sc1cncc(C2CC2)c1. The van der Waals surface area contributed by atoms with E-state index in [4.69, 9.17) is 0 Å². The van der Waals surface area contributed by atoms with Crippen LogP contribution in [0.2, 0.25) is 0 Å². The molecule has 1 aromatic rings. The highest BCUT2D eigenvalue weighted by Gasteiger charge is 2.23. The average molecular weight is 151 g/mol. The lowest BCUT2D eigenvalue weighted by atomic mass is 10.2. The molecule has 2 rings (SSSR count). The van der Waals surface area contributed by atoms with E-state index in [0.717, 1.165) is 10.8 Å². The van der Waals surface area contributed by atoms with Gasteiger partial charge in [-0.3, -0.25) is 4.98 Å². The molecule has 10 heavy (non-hydrogen) atoms. The zero-order valence-corrected chi connectivity index (χ0v) is 6.51. The summed E-state index contributed by atoms with van der Waals surface area (Å²) in [6.07, 6.45) is 6.38. The first-order valence-electron chi connectivity index (χ1n) is 3.50. The molecule has 0 saturated heterocycles. The Morgan fingerprint density at radius 2 is 2.20 bits per heavy atom. The van der Waals surface area contributed by atoms with Crippen LogP contribution in [0, 0.1) is 0 Å². The Morgan fingerprint density at radius 1 is 1.40 bits per heavy atom. The summed E-state index contributed by atoms with van der Waals surface area (Å²) in [6.45, 7) is 0. The van der Waals surface area contributed by atoms with Gasteiger partial charge >= 0.3 is 0 Å². The third kappa shape index (κ3) is 1.16. The highest BCUT2D eigenvalue weighted by Crippen LogP contribution is 2.39. The molecule has 0 amide bonds. The molecule has 0 radical (unpaired) electrons.